The number of nitrogens with zero attached hydrogens (tertiary/aromatic N) is 7. The van der Waals surface area contributed by atoms with Gasteiger partial charge in [0.1, 0.15) is 5.69 Å². The average Bonchev–Trinajstić information content (AvgIpc) is 3.24. The number of carbonyl (C=O) groups excluding carboxylic acids is 1. The highest BCUT2D eigenvalue weighted by molar-refractivity contribution is 8.14. The molecule has 3 N–H and O–H groups in total. The van der Waals surface area contributed by atoms with Crippen LogP contribution in [-0.2, 0) is 4.75 Å². The van der Waals surface area contributed by atoms with Crippen LogP contribution in [0.4, 0.5) is 16.0 Å². The fourth-order valence-electron chi connectivity index (χ4n) is 4.07. The van der Waals surface area contributed by atoms with Crippen LogP contribution in [0.15, 0.2) is 48.1 Å². The Morgan fingerprint density at radius 2 is 2.06 bits per heavy atom. The van der Waals surface area contributed by atoms with Crippen molar-refractivity contribution >= 4 is 34.5 Å². The summed E-state index contributed by atoms with van der Waals surface area (Å²) in [5, 5.41) is 3.30. The number of thioether (sulfide) groups is 1. The van der Waals surface area contributed by atoms with E-state index < -0.39 is 16.5 Å². The Hall–Kier alpha value is -3.87. The Balaban J connectivity index is 1.42. The van der Waals surface area contributed by atoms with E-state index in [0.29, 0.717) is 42.3 Å². The van der Waals surface area contributed by atoms with Crippen LogP contribution < -0.4 is 20.7 Å². The molecule has 1 fully saturated rings. The molecule has 0 aromatic carbocycles. The van der Waals surface area contributed by atoms with E-state index in [9.17, 15) is 9.18 Å². The van der Waals surface area contributed by atoms with Crippen molar-refractivity contribution in [2.75, 3.05) is 37.0 Å². The molecule has 0 saturated carbocycles. The molecule has 5 heterocycles. The summed E-state index contributed by atoms with van der Waals surface area (Å²) in [5.74, 6) is -0.103. The predicted molar refractivity (Wildman–Crippen MR) is 124 cm³/mol. The molecular formula is C21H20FN9O2S. The van der Waals surface area contributed by atoms with Gasteiger partial charge in [-0.25, -0.2) is 24.3 Å². The van der Waals surface area contributed by atoms with Crippen molar-refractivity contribution in [2.24, 2.45) is 16.6 Å². The van der Waals surface area contributed by atoms with Crippen LogP contribution in [0.2, 0.25) is 0 Å². The minimum atomic E-state index is -0.537. The molecule has 3 aromatic rings. The lowest BCUT2D eigenvalue weighted by molar-refractivity contribution is 0.102. The second-order valence-corrected chi connectivity index (χ2v) is 9.13. The highest BCUT2D eigenvalue weighted by Crippen LogP contribution is 2.50. The van der Waals surface area contributed by atoms with Crippen molar-refractivity contribution in [3.05, 3.63) is 60.3 Å². The summed E-state index contributed by atoms with van der Waals surface area (Å²) in [6, 6.07) is 3.52. The molecule has 11 nitrogen and oxygen atoms in total. The fourth-order valence-corrected chi connectivity index (χ4v) is 5.33. The first-order chi connectivity index (χ1) is 16.5. The molecule has 5 rings (SSSR count). The lowest BCUT2D eigenvalue weighted by Gasteiger charge is -2.35. The van der Waals surface area contributed by atoms with Crippen LogP contribution in [0, 0.1) is 11.7 Å². The molecular weight excluding hydrogens is 461 g/mol. The van der Waals surface area contributed by atoms with E-state index in [-0.39, 0.29) is 11.6 Å². The number of hydrogen-bond donors (Lipinski definition) is 2. The Morgan fingerprint density at radius 1 is 1.24 bits per heavy atom. The van der Waals surface area contributed by atoms with Gasteiger partial charge in [-0.05, 0) is 12.1 Å². The van der Waals surface area contributed by atoms with Crippen molar-refractivity contribution in [1.29, 1.82) is 0 Å². The van der Waals surface area contributed by atoms with Crippen LogP contribution in [-0.4, -0.2) is 62.7 Å². The summed E-state index contributed by atoms with van der Waals surface area (Å²) in [6.07, 6.45) is 6.64. The largest absolute Gasteiger partial charge is 0.480 e. The molecule has 0 unspecified atom stereocenters. The maximum absolute atomic E-state index is 13.3. The van der Waals surface area contributed by atoms with Crippen LogP contribution >= 0.6 is 11.8 Å². The molecule has 0 radical (unpaired) electrons. The summed E-state index contributed by atoms with van der Waals surface area (Å²) in [7, 11) is 1.47. The third-order valence-electron chi connectivity index (χ3n) is 5.69. The maximum atomic E-state index is 13.3. The summed E-state index contributed by atoms with van der Waals surface area (Å²) < 4.78 is 17.8. The molecule has 13 heteroatoms. The predicted octanol–water partition coefficient (Wildman–Crippen LogP) is 1.45. The van der Waals surface area contributed by atoms with E-state index in [0.717, 1.165) is 18.1 Å². The van der Waals surface area contributed by atoms with Gasteiger partial charge in [-0.1, -0.05) is 11.8 Å². The molecule has 0 bridgehead atoms. The fraction of sp³-hybridized carbons (Fsp3) is 0.286. The minimum Gasteiger partial charge on any atom is -0.480 e. The van der Waals surface area contributed by atoms with Gasteiger partial charge < -0.3 is 20.7 Å². The Kier molecular flexibility index (Phi) is 5.69. The lowest BCUT2D eigenvalue weighted by atomic mass is 9.90. The van der Waals surface area contributed by atoms with Gasteiger partial charge >= 0.3 is 0 Å². The molecule has 2 aliphatic rings. The number of rotatable bonds is 5. The third-order valence-corrected chi connectivity index (χ3v) is 7.07. The summed E-state index contributed by atoms with van der Waals surface area (Å²) in [6.45, 7) is 1.61. The van der Waals surface area contributed by atoms with Gasteiger partial charge in [-0.15, -0.1) is 0 Å². The van der Waals surface area contributed by atoms with Crippen molar-refractivity contribution in [3.8, 4) is 5.88 Å². The van der Waals surface area contributed by atoms with Crippen molar-refractivity contribution in [3.63, 3.8) is 0 Å². The number of methoxy groups -OCH3 is 1. The van der Waals surface area contributed by atoms with Crippen LogP contribution in [0.5, 0.6) is 5.88 Å². The zero-order valence-electron chi connectivity index (χ0n) is 18.1. The zero-order chi connectivity index (χ0) is 23.7. The number of aromatic nitrogens is 5. The topological polar surface area (TPSA) is 144 Å². The Labute approximate surface area is 198 Å². The van der Waals surface area contributed by atoms with Gasteiger partial charge in [-0.3, -0.25) is 14.8 Å². The number of fused-ring (bicyclic) bond motifs is 1. The average molecular weight is 482 g/mol. The van der Waals surface area contributed by atoms with Crippen LogP contribution in [0.25, 0.3) is 0 Å². The first kappa shape index (κ1) is 21.9. The molecule has 34 heavy (non-hydrogen) atoms. The zero-order valence-corrected chi connectivity index (χ0v) is 18.9. The number of amides is 1. The minimum absolute atomic E-state index is 0.0596. The number of nitrogens with one attached hydrogen (secondary N) is 1. The summed E-state index contributed by atoms with van der Waals surface area (Å²) in [5.41, 5.74) is 7.57. The number of anilines is 2. The van der Waals surface area contributed by atoms with E-state index in [4.69, 9.17) is 10.5 Å². The van der Waals surface area contributed by atoms with Gasteiger partial charge in [0.15, 0.2) is 11.0 Å². The van der Waals surface area contributed by atoms with Crippen molar-refractivity contribution in [1.82, 2.24) is 24.9 Å². The van der Waals surface area contributed by atoms with Crippen molar-refractivity contribution in [2.45, 2.75) is 4.75 Å². The molecule has 174 valence electrons. The maximum Gasteiger partial charge on any atom is 0.275 e. The van der Waals surface area contributed by atoms with Gasteiger partial charge in [0, 0.05) is 37.4 Å². The second-order valence-electron chi connectivity index (χ2n) is 7.78. The number of nitrogens with two attached hydrogens (primary N) is 1. The normalized spacial score (nSPS) is 21.5. The highest BCUT2D eigenvalue weighted by Gasteiger charge is 2.52. The first-order valence-corrected chi connectivity index (χ1v) is 11.1. The smallest absolute Gasteiger partial charge is 0.275 e. The first-order valence-electron chi connectivity index (χ1n) is 10.3. The van der Waals surface area contributed by atoms with Gasteiger partial charge in [-0.2, -0.15) is 0 Å². The number of carbonyl (C=O) groups is 1. The number of amidine groups is 1. The second kappa shape index (κ2) is 8.82. The molecule has 0 aliphatic carbocycles. The molecule has 3 aromatic heterocycles. The molecule has 2 atom stereocenters. The lowest BCUT2D eigenvalue weighted by Crippen LogP contribution is -2.40. The Bertz CT molecular complexity index is 1240. The van der Waals surface area contributed by atoms with Gasteiger partial charge in [0.2, 0.25) is 11.8 Å². The van der Waals surface area contributed by atoms with E-state index in [1.165, 1.54) is 31.3 Å². The molecule has 0 spiro atoms. The summed E-state index contributed by atoms with van der Waals surface area (Å²) >= 11 is 1.43. The van der Waals surface area contributed by atoms with E-state index in [2.05, 4.69) is 35.2 Å². The van der Waals surface area contributed by atoms with Crippen molar-refractivity contribution < 1.29 is 13.9 Å². The molecule has 2 aliphatic heterocycles. The van der Waals surface area contributed by atoms with Gasteiger partial charge in [0.05, 0.1) is 42.3 Å². The highest BCUT2D eigenvalue weighted by atomic mass is 32.2. The quantitative estimate of drug-likeness (QED) is 0.549. The third kappa shape index (κ3) is 4.09. The number of hydrogen-bond acceptors (Lipinski definition) is 11. The SMILES string of the molecule is COc1cnc(C(=O)Nc2ccnc([C@]34CN(c5ncc(F)cn5)C[C@H]3CN=C(N)S4)c2)cn1. The standard InChI is InChI=1S/C21H20FN9O2S/c1-33-17-9-25-15(8-26-17)18(32)30-14-2-3-24-16(4-14)21-11-31(20-28-6-13(22)7-29-20)10-12(21)5-27-19(23)34-21/h2-4,6-9,12H,5,10-11H2,1H3,(H2,23,27)(H,24,30,32)/t12-,21+/m1/s1. The monoisotopic (exact) mass is 481 g/mol. The molecule has 1 amide bonds. The molecule has 1 saturated heterocycles. The number of ether oxygens (including phenoxy) is 1. The number of halogens is 1. The van der Waals surface area contributed by atoms with Crippen LogP contribution in [0.1, 0.15) is 16.2 Å². The van der Waals surface area contributed by atoms with E-state index >= 15 is 0 Å². The van der Waals surface area contributed by atoms with E-state index in [1.54, 1.807) is 12.3 Å². The number of pyridine rings is 1. The van der Waals surface area contributed by atoms with Gasteiger partial charge in [0.25, 0.3) is 5.91 Å². The van der Waals surface area contributed by atoms with Crippen LogP contribution in [0.3, 0.4) is 0 Å². The number of aliphatic imine (C=N–C) groups is 1. The van der Waals surface area contributed by atoms with E-state index in [1.807, 2.05) is 11.0 Å². The Morgan fingerprint density at radius 3 is 2.79 bits per heavy atom. The summed E-state index contributed by atoms with van der Waals surface area (Å²) in [4.78, 5) is 40.0.